The average molecular weight is 505 g/mol. The number of methoxy groups -OCH3 is 1. The zero-order valence-corrected chi connectivity index (χ0v) is 19.6. The van der Waals surface area contributed by atoms with E-state index in [1.165, 1.54) is 4.68 Å². The minimum atomic E-state index is -0.383. The molecule has 0 aliphatic rings. The number of hydrogen-bond donors (Lipinski definition) is 2. The third-order valence-corrected chi connectivity index (χ3v) is 5.78. The van der Waals surface area contributed by atoms with E-state index in [2.05, 4.69) is 31.6 Å². The maximum Gasteiger partial charge on any atom is 0.281 e. The van der Waals surface area contributed by atoms with Crippen molar-refractivity contribution in [2.75, 3.05) is 7.11 Å². The molecule has 0 aliphatic carbocycles. The summed E-state index contributed by atoms with van der Waals surface area (Å²) in [6.45, 7) is 1.69. The molecule has 0 spiro atoms. The molecule has 0 radical (unpaired) electrons. The molecule has 0 bridgehead atoms. The number of carbonyl (C=O) groups excluding carboxylic acids is 1. The number of hydrogen-bond acceptors (Lipinski definition) is 4. The fourth-order valence-electron chi connectivity index (χ4n) is 3.39. The Morgan fingerprint density at radius 3 is 2.33 bits per heavy atom. The molecular formula is C25H21BrN4O3. The molecule has 0 saturated heterocycles. The number of para-hydroxylation sites is 1. The Kier molecular flexibility index (Phi) is 6.55. The van der Waals surface area contributed by atoms with Crippen LogP contribution < -0.4 is 15.7 Å². The first-order valence-electron chi connectivity index (χ1n) is 10.1. The van der Waals surface area contributed by atoms with Gasteiger partial charge < -0.3 is 4.74 Å². The third kappa shape index (κ3) is 4.65. The van der Waals surface area contributed by atoms with Crippen LogP contribution in [-0.4, -0.2) is 28.5 Å². The Hall–Kier alpha value is -3.91. The van der Waals surface area contributed by atoms with Crippen LogP contribution in [0.3, 0.4) is 0 Å². The van der Waals surface area contributed by atoms with Crippen LogP contribution in [0.15, 0.2) is 93.2 Å². The van der Waals surface area contributed by atoms with Gasteiger partial charge in [-0.05, 0) is 71.4 Å². The van der Waals surface area contributed by atoms with Crippen molar-refractivity contribution >= 4 is 27.5 Å². The van der Waals surface area contributed by atoms with E-state index < -0.39 is 0 Å². The summed E-state index contributed by atoms with van der Waals surface area (Å²) in [6.07, 6.45) is 0. The number of rotatable bonds is 6. The van der Waals surface area contributed by atoms with Crippen LogP contribution in [0, 0.1) is 0 Å². The normalized spacial score (nSPS) is 11.3. The second kappa shape index (κ2) is 9.70. The topological polar surface area (TPSA) is 88.5 Å². The number of ether oxygens (including phenoxy) is 1. The molecule has 7 nitrogen and oxygen atoms in total. The predicted molar refractivity (Wildman–Crippen MR) is 132 cm³/mol. The van der Waals surface area contributed by atoms with E-state index in [9.17, 15) is 9.59 Å². The van der Waals surface area contributed by atoms with Gasteiger partial charge in [-0.1, -0.05) is 30.3 Å². The van der Waals surface area contributed by atoms with Gasteiger partial charge in [0.25, 0.3) is 11.5 Å². The quantitative estimate of drug-likeness (QED) is 0.293. The third-order valence-electron chi connectivity index (χ3n) is 5.09. The summed E-state index contributed by atoms with van der Waals surface area (Å²) in [6, 6.07) is 23.7. The van der Waals surface area contributed by atoms with Crippen molar-refractivity contribution < 1.29 is 9.53 Å². The smallest absolute Gasteiger partial charge is 0.281 e. The number of carbonyl (C=O) groups is 1. The lowest BCUT2D eigenvalue weighted by Crippen LogP contribution is -2.23. The molecule has 0 atom stereocenters. The highest BCUT2D eigenvalue weighted by Gasteiger charge is 2.20. The zero-order valence-electron chi connectivity index (χ0n) is 18.0. The molecule has 0 saturated carbocycles. The Bertz CT molecular complexity index is 1370. The number of nitrogens with one attached hydrogen (secondary N) is 2. The summed E-state index contributed by atoms with van der Waals surface area (Å²) in [7, 11) is 1.60. The minimum Gasteiger partial charge on any atom is -0.497 e. The highest BCUT2D eigenvalue weighted by molar-refractivity contribution is 9.10. The summed E-state index contributed by atoms with van der Waals surface area (Å²) in [5.41, 5.74) is 5.50. The number of benzene rings is 3. The van der Waals surface area contributed by atoms with Gasteiger partial charge in [0.15, 0.2) is 0 Å². The van der Waals surface area contributed by atoms with Crippen molar-refractivity contribution in [1.29, 1.82) is 0 Å². The van der Waals surface area contributed by atoms with Gasteiger partial charge in [-0.2, -0.15) is 5.10 Å². The highest BCUT2D eigenvalue weighted by Crippen LogP contribution is 2.24. The van der Waals surface area contributed by atoms with Gasteiger partial charge in [0.2, 0.25) is 0 Å². The van der Waals surface area contributed by atoms with E-state index >= 15 is 0 Å². The molecule has 4 aromatic rings. The molecule has 1 heterocycles. The summed E-state index contributed by atoms with van der Waals surface area (Å²) in [5.74, 6) is 0.322. The Morgan fingerprint density at radius 2 is 1.67 bits per heavy atom. The summed E-state index contributed by atoms with van der Waals surface area (Å²) in [5, 5.41) is 7.43. The number of amides is 1. The number of aromatic amines is 1. The summed E-state index contributed by atoms with van der Waals surface area (Å²) < 4.78 is 7.36. The van der Waals surface area contributed by atoms with E-state index in [1.54, 1.807) is 32.2 Å². The van der Waals surface area contributed by atoms with Gasteiger partial charge in [-0.15, -0.1) is 0 Å². The number of H-pyrrole nitrogens is 1. The molecule has 4 rings (SSSR count). The van der Waals surface area contributed by atoms with Gasteiger partial charge in [-0.25, -0.2) is 10.1 Å². The monoisotopic (exact) mass is 504 g/mol. The van der Waals surface area contributed by atoms with E-state index in [0.29, 0.717) is 38.4 Å². The molecule has 3 aromatic carbocycles. The van der Waals surface area contributed by atoms with Crippen LogP contribution in [0.1, 0.15) is 22.8 Å². The SMILES string of the molecule is COc1ccc(-c2[nH]n(-c3ccccc3)c(=O)c2C(C)=NNC(=O)c2ccccc2Br)cc1. The molecule has 166 valence electrons. The van der Waals surface area contributed by atoms with Crippen molar-refractivity contribution in [1.82, 2.24) is 15.2 Å². The van der Waals surface area contributed by atoms with E-state index in [4.69, 9.17) is 4.74 Å². The van der Waals surface area contributed by atoms with Crippen molar-refractivity contribution in [3.63, 3.8) is 0 Å². The van der Waals surface area contributed by atoms with Crippen molar-refractivity contribution in [3.8, 4) is 22.7 Å². The molecule has 33 heavy (non-hydrogen) atoms. The number of aromatic nitrogens is 2. The van der Waals surface area contributed by atoms with Crippen molar-refractivity contribution in [2.45, 2.75) is 6.92 Å². The van der Waals surface area contributed by atoms with E-state index in [0.717, 1.165) is 5.56 Å². The standard InChI is InChI=1S/C25H21BrN4O3/c1-16(27-28-24(31)20-10-6-7-11-21(20)26)22-23(17-12-14-19(33-2)15-13-17)29-30(25(22)32)18-8-4-3-5-9-18/h3-15,29H,1-2H3,(H,28,31). The second-order valence-corrected chi connectivity index (χ2v) is 8.04. The van der Waals surface area contributed by atoms with E-state index in [-0.39, 0.29) is 11.5 Å². The number of halogens is 1. The van der Waals surface area contributed by atoms with E-state index in [1.807, 2.05) is 60.7 Å². The van der Waals surface area contributed by atoms with Gasteiger partial charge in [0.1, 0.15) is 5.75 Å². The minimum absolute atomic E-state index is 0.275. The fourth-order valence-corrected chi connectivity index (χ4v) is 3.86. The Balaban J connectivity index is 1.77. The molecule has 0 fully saturated rings. The fraction of sp³-hybridized carbons (Fsp3) is 0.0800. The van der Waals surface area contributed by atoms with Crippen LogP contribution in [0.25, 0.3) is 16.9 Å². The Labute approximate surface area is 198 Å². The lowest BCUT2D eigenvalue weighted by atomic mass is 10.1. The van der Waals surface area contributed by atoms with Crippen LogP contribution in [0.2, 0.25) is 0 Å². The van der Waals surface area contributed by atoms with Gasteiger partial charge in [0, 0.05) is 10.0 Å². The van der Waals surface area contributed by atoms with Gasteiger partial charge in [-0.3, -0.25) is 14.7 Å². The zero-order chi connectivity index (χ0) is 23.4. The lowest BCUT2D eigenvalue weighted by molar-refractivity contribution is 0.0954. The molecule has 1 amide bonds. The predicted octanol–water partition coefficient (Wildman–Crippen LogP) is 4.76. The highest BCUT2D eigenvalue weighted by atomic mass is 79.9. The number of hydrazone groups is 1. The summed E-state index contributed by atoms with van der Waals surface area (Å²) in [4.78, 5) is 26.0. The summed E-state index contributed by atoms with van der Waals surface area (Å²) >= 11 is 3.37. The first-order valence-corrected chi connectivity index (χ1v) is 10.9. The first kappa shape index (κ1) is 22.3. The maximum atomic E-state index is 13.4. The first-order chi connectivity index (χ1) is 16.0. The largest absolute Gasteiger partial charge is 0.497 e. The molecule has 8 heteroatoms. The van der Waals surface area contributed by atoms with Crippen LogP contribution in [0.5, 0.6) is 5.75 Å². The van der Waals surface area contributed by atoms with Crippen LogP contribution >= 0.6 is 15.9 Å². The van der Waals surface area contributed by atoms with Crippen molar-refractivity contribution in [2.24, 2.45) is 5.10 Å². The van der Waals surface area contributed by atoms with Crippen LogP contribution in [0.4, 0.5) is 0 Å². The lowest BCUT2D eigenvalue weighted by Gasteiger charge is -2.06. The molecule has 2 N–H and O–H groups in total. The van der Waals surface area contributed by atoms with Gasteiger partial charge in [0.05, 0.1) is 35.3 Å². The average Bonchev–Trinajstić information content (AvgIpc) is 3.20. The molecule has 1 aromatic heterocycles. The molecule has 0 aliphatic heterocycles. The second-order valence-electron chi connectivity index (χ2n) is 7.18. The molecular weight excluding hydrogens is 484 g/mol. The van der Waals surface area contributed by atoms with Crippen molar-refractivity contribution in [3.05, 3.63) is 105 Å². The van der Waals surface area contributed by atoms with Crippen LogP contribution in [-0.2, 0) is 0 Å². The number of nitrogens with zero attached hydrogens (tertiary/aromatic N) is 2. The Morgan fingerprint density at radius 1 is 1.00 bits per heavy atom. The molecule has 0 unspecified atom stereocenters. The van der Waals surface area contributed by atoms with Gasteiger partial charge >= 0.3 is 0 Å². The maximum absolute atomic E-state index is 13.4.